The van der Waals surface area contributed by atoms with Crippen LogP contribution >= 0.6 is 0 Å². The minimum absolute atomic E-state index is 0.0188. The Balaban J connectivity index is 2.32. The van der Waals surface area contributed by atoms with Gasteiger partial charge in [-0.25, -0.2) is 9.78 Å². The van der Waals surface area contributed by atoms with E-state index in [4.69, 9.17) is 5.11 Å². The number of hydrogen-bond acceptors (Lipinski definition) is 3. The third kappa shape index (κ3) is 1.87. The van der Waals surface area contributed by atoms with Crippen LogP contribution in [-0.2, 0) is 0 Å². The van der Waals surface area contributed by atoms with Crippen molar-refractivity contribution in [3.8, 4) is 0 Å². The standard InChI is InChI=1S/C12H16N2O2/c1-8-4-7-13-10(9(8)11(15)16)14-12(2)5-3-6-12/h4,7H,3,5-6H2,1-2H3,(H,13,14)(H,15,16). The quantitative estimate of drug-likeness (QED) is 0.821. The van der Waals surface area contributed by atoms with Gasteiger partial charge in [0.15, 0.2) is 0 Å². The van der Waals surface area contributed by atoms with Gasteiger partial charge in [0, 0.05) is 11.7 Å². The van der Waals surface area contributed by atoms with E-state index in [1.807, 2.05) is 0 Å². The first-order chi connectivity index (χ1) is 7.52. The van der Waals surface area contributed by atoms with E-state index >= 15 is 0 Å². The summed E-state index contributed by atoms with van der Waals surface area (Å²) < 4.78 is 0. The number of pyridine rings is 1. The summed E-state index contributed by atoms with van der Waals surface area (Å²) >= 11 is 0. The second kappa shape index (κ2) is 3.77. The number of rotatable bonds is 3. The minimum atomic E-state index is -0.920. The van der Waals surface area contributed by atoms with E-state index in [9.17, 15) is 4.79 Å². The van der Waals surface area contributed by atoms with Gasteiger partial charge in [-0.15, -0.1) is 0 Å². The van der Waals surface area contributed by atoms with Gasteiger partial charge >= 0.3 is 5.97 Å². The Morgan fingerprint density at radius 2 is 2.25 bits per heavy atom. The van der Waals surface area contributed by atoms with Crippen molar-refractivity contribution in [2.75, 3.05) is 5.32 Å². The first-order valence-corrected chi connectivity index (χ1v) is 5.49. The van der Waals surface area contributed by atoms with Crippen LogP contribution in [0.25, 0.3) is 0 Å². The highest BCUT2D eigenvalue weighted by Crippen LogP contribution is 2.35. The van der Waals surface area contributed by atoms with Gasteiger partial charge < -0.3 is 10.4 Å². The lowest BCUT2D eigenvalue weighted by Gasteiger charge is -2.40. The molecule has 1 aliphatic rings. The van der Waals surface area contributed by atoms with Crippen molar-refractivity contribution < 1.29 is 9.90 Å². The van der Waals surface area contributed by atoms with Crippen molar-refractivity contribution >= 4 is 11.8 Å². The Morgan fingerprint density at radius 3 is 2.75 bits per heavy atom. The lowest BCUT2D eigenvalue weighted by atomic mass is 9.78. The van der Waals surface area contributed by atoms with Crippen LogP contribution in [0, 0.1) is 6.92 Å². The summed E-state index contributed by atoms with van der Waals surface area (Å²) in [5.41, 5.74) is 1.05. The molecule has 1 aromatic rings. The molecule has 0 radical (unpaired) electrons. The van der Waals surface area contributed by atoms with Gasteiger partial charge in [0.1, 0.15) is 11.4 Å². The van der Waals surface area contributed by atoms with E-state index in [0.717, 1.165) is 18.4 Å². The number of carbonyl (C=O) groups is 1. The highest BCUT2D eigenvalue weighted by Gasteiger charge is 2.33. The van der Waals surface area contributed by atoms with Crippen LogP contribution in [0.2, 0.25) is 0 Å². The first-order valence-electron chi connectivity index (χ1n) is 5.49. The number of nitrogens with zero attached hydrogens (tertiary/aromatic N) is 1. The molecule has 2 N–H and O–H groups in total. The zero-order valence-electron chi connectivity index (χ0n) is 9.58. The van der Waals surface area contributed by atoms with Gasteiger partial charge in [0.25, 0.3) is 0 Å². The number of aromatic carboxylic acids is 1. The molecule has 4 heteroatoms. The molecule has 1 fully saturated rings. The number of anilines is 1. The molecular weight excluding hydrogens is 204 g/mol. The molecule has 0 bridgehead atoms. The van der Waals surface area contributed by atoms with Crippen LogP contribution in [0.3, 0.4) is 0 Å². The number of nitrogens with one attached hydrogen (secondary N) is 1. The molecule has 1 saturated carbocycles. The number of aryl methyl sites for hydroxylation is 1. The SMILES string of the molecule is Cc1ccnc(NC2(C)CCC2)c1C(=O)O. The van der Waals surface area contributed by atoms with E-state index in [1.165, 1.54) is 6.42 Å². The number of aromatic nitrogens is 1. The van der Waals surface area contributed by atoms with Gasteiger partial charge in [0.2, 0.25) is 0 Å². The maximum absolute atomic E-state index is 11.2. The van der Waals surface area contributed by atoms with Crippen molar-refractivity contribution in [1.29, 1.82) is 0 Å². The van der Waals surface area contributed by atoms with Crippen LogP contribution in [0.1, 0.15) is 42.1 Å². The Labute approximate surface area is 94.7 Å². The Morgan fingerprint density at radius 1 is 1.56 bits per heavy atom. The summed E-state index contributed by atoms with van der Waals surface area (Å²) in [6.45, 7) is 3.89. The van der Waals surface area contributed by atoms with E-state index < -0.39 is 5.97 Å². The van der Waals surface area contributed by atoms with Crippen LogP contribution in [-0.4, -0.2) is 21.6 Å². The number of carboxylic acids is 1. The van der Waals surface area contributed by atoms with Crippen LogP contribution in [0.4, 0.5) is 5.82 Å². The molecule has 0 spiro atoms. The Hall–Kier alpha value is -1.58. The molecule has 16 heavy (non-hydrogen) atoms. The van der Waals surface area contributed by atoms with Gasteiger partial charge in [-0.2, -0.15) is 0 Å². The summed E-state index contributed by atoms with van der Waals surface area (Å²) in [6, 6.07) is 1.72. The summed E-state index contributed by atoms with van der Waals surface area (Å²) in [6.07, 6.45) is 4.98. The molecule has 0 atom stereocenters. The fourth-order valence-electron chi connectivity index (χ4n) is 2.04. The molecular formula is C12H16N2O2. The molecule has 1 aromatic heterocycles. The summed E-state index contributed by atoms with van der Waals surface area (Å²) in [4.78, 5) is 15.3. The van der Waals surface area contributed by atoms with Crippen molar-refractivity contribution in [3.05, 3.63) is 23.4 Å². The number of carboxylic acid groups (broad SMARTS) is 1. The van der Waals surface area contributed by atoms with Gasteiger partial charge in [-0.05, 0) is 44.7 Å². The molecule has 4 nitrogen and oxygen atoms in total. The summed E-state index contributed by atoms with van der Waals surface area (Å²) in [7, 11) is 0. The predicted molar refractivity (Wildman–Crippen MR) is 61.8 cm³/mol. The molecule has 0 saturated heterocycles. The second-order valence-electron chi connectivity index (χ2n) is 4.70. The second-order valence-corrected chi connectivity index (χ2v) is 4.70. The third-order valence-corrected chi connectivity index (χ3v) is 3.25. The van der Waals surface area contributed by atoms with Crippen LogP contribution in [0.5, 0.6) is 0 Å². The highest BCUT2D eigenvalue weighted by atomic mass is 16.4. The largest absolute Gasteiger partial charge is 0.478 e. The summed E-state index contributed by atoms with van der Waals surface area (Å²) in [5.74, 6) is -0.425. The molecule has 1 aliphatic carbocycles. The van der Waals surface area contributed by atoms with E-state index in [2.05, 4.69) is 17.2 Å². The maximum atomic E-state index is 11.2. The first kappa shape index (κ1) is 10.9. The monoisotopic (exact) mass is 220 g/mol. The lowest BCUT2D eigenvalue weighted by Crippen LogP contribution is -2.42. The van der Waals surface area contributed by atoms with Crippen molar-refractivity contribution in [1.82, 2.24) is 4.98 Å². The highest BCUT2D eigenvalue weighted by molar-refractivity contribution is 5.94. The Bertz CT molecular complexity index is 425. The van der Waals surface area contributed by atoms with E-state index in [-0.39, 0.29) is 11.1 Å². The molecule has 1 heterocycles. The Kier molecular flexibility index (Phi) is 2.58. The minimum Gasteiger partial charge on any atom is -0.478 e. The predicted octanol–water partition coefficient (Wildman–Crippen LogP) is 2.44. The molecule has 0 amide bonds. The van der Waals surface area contributed by atoms with E-state index in [1.54, 1.807) is 19.2 Å². The lowest BCUT2D eigenvalue weighted by molar-refractivity contribution is 0.0696. The molecule has 0 aromatic carbocycles. The molecule has 2 rings (SSSR count). The van der Waals surface area contributed by atoms with Crippen molar-refractivity contribution in [2.24, 2.45) is 0 Å². The van der Waals surface area contributed by atoms with Gasteiger partial charge in [-0.1, -0.05) is 0 Å². The summed E-state index contributed by atoms with van der Waals surface area (Å²) in [5, 5.41) is 12.4. The van der Waals surface area contributed by atoms with E-state index in [0.29, 0.717) is 5.82 Å². The normalized spacial score (nSPS) is 17.6. The third-order valence-electron chi connectivity index (χ3n) is 3.25. The maximum Gasteiger partial charge on any atom is 0.339 e. The zero-order chi connectivity index (χ0) is 11.8. The average molecular weight is 220 g/mol. The van der Waals surface area contributed by atoms with Gasteiger partial charge in [-0.3, -0.25) is 0 Å². The van der Waals surface area contributed by atoms with Gasteiger partial charge in [0.05, 0.1) is 0 Å². The fourth-order valence-corrected chi connectivity index (χ4v) is 2.04. The average Bonchev–Trinajstić information content (AvgIpc) is 2.14. The zero-order valence-corrected chi connectivity index (χ0v) is 9.58. The smallest absolute Gasteiger partial charge is 0.339 e. The topological polar surface area (TPSA) is 62.2 Å². The van der Waals surface area contributed by atoms with Crippen molar-refractivity contribution in [2.45, 2.75) is 38.6 Å². The van der Waals surface area contributed by atoms with Crippen molar-refractivity contribution in [3.63, 3.8) is 0 Å². The molecule has 0 unspecified atom stereocenters. The molecule has 86 valence electrons. The fraction of sp³-hybridized carbons (Fsp3) is 0.500. The van der Waals surface area contributed by atoms with Crippen LogP contribution < -0.4 is 5.32 Å². The van der Waals surface area contributed by atoms with Crippen LogP contribution in [0.15, 0.2) is 12.3 Å². The number of hydrogen-bond donors (Lipinski definition) is 2. The molecule has 0 aliphatic heterocycles.